The Hall–Kier alpha value is -2.28. The van der Waals surface area contributed by atoms with Gasteiger partial charge in [0.1, 0.15) is 10.8 Å². The Morgan fingerprint density at radius 1 is 1.30 bits per heavy atom. The van der Waals surface area contributed by atoms with Crippen molar-refractivity contribution in [2.24, 2.45) is 0 Å². The lowest BCUT2D eigenvalue weighted by atomic mass is 10.1. The summed E-state index contributed by atoms with van der Waals surface area (Å²) in [5.41, 5.74) is 4.69. The molecular weight excluding hydrogens is 292 g/mol. The minimum absolute atomic E-state index is 0.103. The van der Waals surface area contributed by atoms with Crippen LogP contribution in [0.3, 0.4) is 0 Å². The molecule has 3 N–H and O–H groups in total. The van der Waals surface area contributed by atoms with Gasteiger partial charge in [-0.2, -0.15) is 0 Å². The number of aromatic carboxylic acids is 1. The molecule has 0 amide bonds. The number of aryl methyl sites for hydroxylation is 1. The van der Waals surface area contributed by atoms with Crippen LogP contribution in [0.25, 0.3) is 11.4 Å². The molecule has 1 heterocycles. The third kappa shape index (κ3) is 2.27. The van der Waals surface area contributed by atoms with Crippen molar-refractivity contribution in [1.82, 2.24) is 9.97 Å². The Bertz CT molecular complexity index is 722. The lowest BCUT2D eigenvalue weighted by molar-refractivity contribution is 0.0690. The number of halogens is 3. The van der Waals surface area contributed by atoms with E-state index >= 15 is 0 Å². The van der Waals surface area contributed by atoms with Gasteiger partial charge >= 0.3 is 5.97 Å². The summed E-state index contributed by atoms with van der Waals surface area (Å²) in [6.45, 7) is 1.39. The topological polar surface area (TPSA) is 89.1 Å². The molecule has 104 valence electrons. The second kappa shape index (κ2) is 5.01. The van der Waals surface area contributed by atoms with Crippen molar-refractivity contribution in [2.75, 3.05) is 5.73 Å². The van der Waals surface area contributed by atoms with Crippen molar-refractivity contribution in [2.45, 2.75) is 6.92 Å². The van der Waals surface area contributed by atoms with Crippen LogP contribution in [0.1, 0.15) is 16.1 Å². The van der Waals surface area contributed by atoms with E-state index < -0.39 is 23.3 Å². The first-order chi connectivity index (χ1) is 9.32. The van der Waals surface area contributed by atoms with Gasteiger partial charge in [-0.25, -0.2) is 23.5 Å². The highest BCUT2D eigenvalue weighted by molar-refractivity contribution is 6.35. The molecule has 2 aromatic rings. The molecule has 1 aromatic carbocycles. The molecule has 1 aromatic heterocycles. The number of benzene rings is 1. The number of rotatable bonds is 2. The van der Waals surface area contributed by atoms with E-state index in [1.807, 2.05) is 0 Å². The largest absolute Gasteiger partial charge is 0.476 e. The number of nitrogens with two attached hydrogens (primary N) is 1. The highest BCUT2D eigenvalue weighted by Gasteiger charge is 2.20. The van der Waals surface area contributed by atoms with Gasteiger partial charge in [0.2, 0.25) is 0 Å². The summed E-state index contributed by atoms with van der Waals surface area (Å²) >= 11 is 5.65. The third-order valence-electron chi connectivity index (χ3n) is 2.60. The molecule has 0 aliphatic carbocycles. The summed E-state index contributed by atoms with van der Waals surface area (Å²) in [7, 11) is 0. The predicted molar refractivity (Wildman–Crippen MR) is 68.5 cm³/mol. The Labute approximate surface area is 117 Å². The predicted octanol–water partition coefficient (Wildman–Crippen LogP) is 2.66. The van der Waals surface area contributed by atoms with Crippen molar-refractivity contribution < 1.29 is 18.7 Å². The summed E-state index contributed by atoms with van der Waals surface area (Å²) in [5.74, 6) is -4.35. The lowest BCUT2D eigenvalue weighted by Gasteiger charge is -2.08. The summed E-state index contributed by atoms with van der Waals surface area (Å²) < 4.78 is 27.3. The SMILES string of the molecule is Cc1ccc(-c2nc(N)c(Cl)c(C(=O)O)n2)c(F)c1F. The van der Waals surface area contributed by atoms with Crippen molar-refractivity contribution in [3.8, 4) is 11.4 Å². The number of carboxylic acid groups (broad SMARTS) is 1. The van der Waals surface area contributed by atoms with Crippen LogP contribution in [0.4, 0.5) is 14.6 Å². The second-order valence-electron chi connectivity index (χ2n) is 3.96. The van der Waals surface area contributed by atoms with Gasteiger partial charge in [0.05, 0.1) is 5.56 Å². The Morgan fingerprint density at radius 3 is 2.55 bits per heavy atom. The third-order valence-corrected chi connectivity index (χ3v) is 2.97. The first-order valence-electron chi connectivity index (χ1n) is 5.34. The van der Waals surface area contributed by atoms with Crippen LogP contribution in [0.15, 0.2) is 12.1 Å². The Kier molecular flexibility index (Phi) is 3.54. The number of nitrogen functional groups attached to an aromatic ring is 1. The van der Waals surface area contributed by atoms with E-state index in [4.69, 9.17) is 22.4 Å². The first kappa shape index (κ1) is 14.1. The maximum absolute atomic E-state index is 13.8. The van der Waals surface area contributed by atoms with E-state index in [2.05, 4.69) is 9.97 Å². The lowest BCUT2D eigenvalue weighted by Crippen LogP contribution is -2.08. The van der Waals surface area contributed by atoms with Crippen LogP contribution in [0.2, 0.25) is 5.02 Å². The fourth-order valence-electron chi connectivity index (χ4n) is 1.55. The molecule has 8 heteroatoms. The highest BCUT2D eigenvalue weighted by atomic mass is 35.5. The Morgan fingerprint density at radius 2 is 1.95 bits per heavy atom. The second-order valence-corrected chi connectivity index (χ2v) is 4.34. The molecule has 0 aliphatic heterocycles. The van der Waals surface area contributed by atoms with Gasteiger partial charge in [0, 0.05) is 0 Å². The number of carbonyl (C=O) groups is 1. The van der Waals surface area contributed by atoms with Crippen molar-refractivity contribution in [1.29, 1.82) is 0 Å². The monoisotopic (exact) mass is 299 g/mol. The fourth-order valence-corrected chi connectivity index (χ4v) is 1.71. The minimum atomic E-state index is -1.45. The standard InChI is InChI=1S/C12H8ClF2N3O2/c1-4-2-3-5(8(15)7(4)14)11-17-9(12(19)20)6(13)10(16)18-11/h2-3H,1H3,(H,19,20)(H2,16,17,18). The highest BCUT2D eigenvalue weighted by Crippen LogP contribution is 2.28. The number of anilines is 1. The molecule has 0 radical (unpaired) electrons. The van der Waals surface area contributed by atoms with E-state index in [-0.39, 0.29) is 27.8 Å². The van der Waals surface area contributed by atoms with Gasteiger partial charge in [0.15, 0.2) is 23.2 Å². The number of aromatic nitrogens is 2. The van der Waals surface area contributed by atoms with Crippen LogP contribution >= 0.6 is 11.6 Å². The molecule has 0 spiro atoms. The smallest absolute Gasteiger partial charge is 0.356 e. The van der Waals surface area contributed by atoms with Gasteiger partial charge in [-0.05, 0) is 18.6 Å². The number of hydrogen-bond acceptors (Lipinski definition) is 4. The molecule has 5 nitrogen and oxygen atoms in total. The minimum Gasteiger partial charge on any atom is -0.476 e. The molecule has 0 saturated carbocycles. The van der Waals surface area contributed by atoms with E-state index in [0.29, 0.717) is 0 Å². The zero-order chi connectivity index (χ0) is 15.0. The zero-order valence-corrected chi connectivity index (χ0v) is 10.9. The van der Waals surface area contributed by atoms with Crippen molar-refractivity contribution in [3.63, 3.8) is 0 Å². The van der Waals surface area contributed by atoms with Gasteiger partial charge < -0.3 is 10.8 Å². The van der Waals surface area contributed by atoms with E-state index in [1.165, 1.54) is 19.1 Å². The van der Waals surface area contributed by atoms with Crippen molar-refractivity contribution in [3.05, 3.63) is 40.0 Å². The molecule has 0 fully saturated rings. The van der Waals surface area contributed by atoms with E-state index in [1.54, 1.807) is 0 Å². The number of hydrogen-bond donors (Lipinski definition) is 2. The van der Waals surface area contributed by atoms with Crippen LogP contribution < -0.4 is 5.73 Å². The zero-order valence-electron chi connectivity index (χ0n) is 10.1. The van der Waals surface area contributed by atoms with Crippen LogP contribution in [-0.4, -0.2) is 21.0 Å². The maximum atomic E-state index is 13.8. The summed E-state index contributed by atoms with van der Waals surface area (Å²) in [4.78, 5) is 18.3. The summed E-state index contributed by atoms with van der Waals surface area (Å²) in [5, 5.41) is 8.58. The van der Waals surface area contributed by atoms with Gasteiger partial charge in [-0.3, -0.25) is 0 Å². The van der Waals surface area contributed by atoms with Crippen molar-refractivity contribution >= 4 is 23.4 Å². The van der Waals surface area contributed by atoms with Crippen LogP contribution in [0.5, 0.6) is 0 Å². The summed E-state index contributed by atoms with van der Waals surface area (Å²) in [6, 6.07) is 2.56. The van der Waals surface area contributed by atoms with Gasteiger partial charge in [-0.1, -0.05) is 17.7 Å². The average molecular weight is 300 g/mol. The van der Waals surface area contributed by atoms with Crippen LogP contribution in [-0.2, 0) is 0 Å². The van der Waals surface area contributed by atoms with E-state index in [9.17, 15) is 13.6 Å². The maximum Gasteiger partial charge on any atom is 0.356 e. The Balaban J connectivity index is 2.71. The first-order valence-corrected chi connectivity index (χ1v) is 5.72. The number of nitrogens with zero attached hydrogens (tertiary/aromatic N) is 2. The molecule has 2 rings (SSSR count). The van der Waals surface area contributed by atoms with Gasteiger partial charge in [-0.15, -0.1) is 0 Å². The van der Waals surface area contributed by atoms with Gasteiger partial charge in [0.25, 0.3) is 0 Å². The molecule has 0 unspecified atom stereocenters. The average Bonchev–Trinajstić information content (AvgIpc) is 2.39. The van der Waals surface area contributed by atoms with Crippen LogP contribution in [0, 0.1) is 18.6 Å². The molecular formula is C12H8ClF2N3O2. The molecule has 0 atom stereocenters. The number of carboxylic acids is 1. The molecule has 0 aliphatic rings. The quantitative estimate of drug-likeness (QED) is 0.890. The molecule has 0 bridgehead atoms. The normalized spacial score (nSPS) is 10.6. The van der Waals surface area contributed by atoms with E-state index in [0.717, 1.165) is 0 Å². The molecule has 0 saturated heterocycles. The fraction of sp³-hybridized carbons (Fsp3) is 0.0833. The summed E-state index contributed by atoms with van der Waals surface area (Å²) in [6.07, 6.45) is 0. The molecule has 20 heavy (non-hydrogen) atoms.